The predicted octanol–water partition coefficient (Wildman–Crippen LogP) is 2.33. The Balaban J connectivity index is 1.89. The lowest BCUT2D eigenvalue weighted by atomic mass is 10.1. The number of rotatable bonds is 5. The van der Waals surface area contributed by atoms with Gasteiger partial charge in [0.05, 0.1) is 5.69 Å². The van der Waals surface area contributed by atoms with Crippen molar-refractivity contribution in [1.82, 2.24) is 10.3 Å². The van der Waals surface area contributed by atoms with Crippen LogP contribution in [0.15, 0.2) is 22.3 Å². The van der Waals surface area contributed by atoms with Crippen LogP contribution in [-0.4, -0.2) is 24.6 Å². The zero-order valence-corrected chi connectivity index (χ0v) is 10.7. The number of hydrogen-bond donors (Lipinski definition) is 1. The molecule has 94 valence electrons. The zero-order chi connectivity index (χ0) is 12.1. The van der Waals surface area contributed by atoms with Gasteiger partial charge in [0.2, 0.25) is 0 Å². The molecule has 0 atom stereocenters. The Labute approximate surface area is 103 Å². The molecule has 0 fully saturated rings. The second-order valence-corrected chi connectivity index (χ2v) is 4.54. The van der Waals surface area contributed by atoms with Crippen LogP contribution in [0, 0.1) is 0 Å². The third-order valence-corrected chi connectivity index (χ3v) is 2.98. The highest BCUT2D eigenvalue weighted by molar-refractivity contribution is 5.31. The van der Waals surface area contributed by atoms with Crippen molar-refractivity contribution in [3.63, 3.8) is 0 Å². The van der Waals surface area contributed by atoms with E-state index in [0.717, 1.165) is 50.7 Å². The first kappa shape index (κ1) is 12.2. The molecular formula is C13H21N3O. The van der Waals surface area contributed by atoms with Gasteiger partial charge in [-0.3, -0.25) is 0 Å². The molecule has 2 heterocycles. The van der Waals surface area contributed by atoms with E-state index in [9.17, 15) is 0 Å². The van der Waals surface area contributed by atoms with Crippen LogP contribution in [0.4, 0.5) is 6.01 Å². The SMILES string of the molecule is CCCNCc1coc(N2CC=C(C)CC2)n1. The van der Waals surface area contributed by atoms with Gasteiger partial charge in [0.1, 0.15) is 6.26 Å². The van der Waals surface area contributed by atoms with Crippen molar-refractivity contribution >= 4 is 6.01 Å². The van der Waals surface area contributed by atoms with Crippen molar-refractivity contribution in [2.45, 2.75) is 33.2 Å². The van der Waals surface area contributed by atoms with E-state index in [-0.39, 0.29) is 0 Å². The number of nitrogens with one attached hydrogen (secondary N) is 1. The number of anilines is 1. The quantitative estimate of drug-likeness (QED) is 0.628. The maximum absolute atomic E-state index is 5.52. The van der Waals surface area contributed by atoms with Crippen LogP contribution in [0.2, 0.25) is 0 Å². The fourth-order valence-corrected chi connectivity index (χ4v) is 1.86. The summed E-state index contributed by atoms with van der Waals surface area (Å²) < 4.78 is 5.52. The topological polar surface area (TPSA) is 41.3 Å². The highest BCUT2D eigenvalue weighted by Crippen LogP contribution is 2.18. The highest BCUT2D eigenvalue weighted by Gasteiger charge is 2.14. The van der Waals surface area contributed by atoms with E-state index in [1.165, 1.54) is 5.57 Å². The van der Waals surface area contributed by atoms with Crippen molar-refractivity contribution in [2.75, 3.05) is 24.5 Å². The summed E-state index contributed by atoms with van der Waals surface area (Å²) in [5.74, 6) is 0. The molecule has 0 saturated heterocycles. The van der Waals surface area contributed by atoms with Crippen molar-refractivity contribution in [3.05, 3.63) is 23.6 Å². The van der Waals surface area contributed by atoms with Crippen LogP contribution in [0.1, 0.15) is 32.4 Å². The zero-order valence-electron chi connectivity index (χ0n) is 10.7. The molecule has 4 nitrogen and oxygen atoms in total. The van der Waals surface area contributed by atoms with Crippen LogP contribution in [0.25, 0.3) is 0 Å². The Hall–Kier alpha value is -1.29. The minimum absolute atomic E-state index is 0.752. The summed E-state index contributed by atoms with van der Waals surface area (Å²) in [6.07, 6.45) is 6.23. The lowest BCUT2D eigenvalue weighted by Crippen LogP contribution is -2.28. The summed E-state index contributed by atoms with van der Waals surface area (Å²) in [6, 6.07) is 0.752. The number of nitrogens with zero attached hydrogens (tertiary/aromatic N) is 2. The molecule has 17 heavy (non-hydrogen) atoms. The van der Waals surface area contributed by atoms with Crippen LogP contribution in [0.5, 0.6) is 0 Å². The van der Waals surface area contributed by atoms with Crippen molar-refractivity contribution in [3.8, 4) is 0 Å². The molecule has 0 unspecified atom stereocenters. The third kappa shape index (κ3) is 3.33. The second kappa shape index (κ2) is 5.87. The Bertz CT molecular complexity index is 384. The Morgan fingerprint density at radius 1 is 1.53 bits per heavy atom. The Morgan fingerprint density at radius 3 is 3.12 bits per heavy atom. The minimum atomic E-state index is 0.752. The fraction of sp³-hybridized carbons (Fsp3) is 0.615. The van der Waals surface area contributed by atoms with Crippen LogP contribution in [-0.2, 0) is 6.54 Å². The lowest BCUT2D eigenvalue weighted by molar-refractivity contribution is 0.534. The number of oxazole rings is 1. The lowest BCUT2D eigenvalue weighted by Gasteiger charge is -2.23. The largest absolute Gasteiger partial charge is 0.432 e. The van der Waals surface area contributed by atoms with Gasteiger partial charge in [-0.05, 0) is 26.3 Å². The average molecular weight is 235 g/mol. The van der Waals surface area contributed by atoms with Crippen LogP contribution in [0.3, 0.4) is 0 Å². The molecule has 4 heteroatoms. The second-order valence-electron chi connectivity index (χ2n) is 4.54. The molecule has 0 radical (unpaired) electrons. The molecule has 1 aromatic rings. The van der Waals surface area contributed by atoms with Crippen LogP contribution < -0.4 is 10.2 Å². The molecule has 0 saturated carbocycles. The number of hydrogen-bond acceptors (Lipinski definition) is 4. The number of aromatic nitrogens is 1. The van der Waals surface area contributed by atoms with E-state index in [1.54, 1.807) is 6.26 Å². The summed E-state index contributed by atoms with van der Waals surface area (Å²) in [5.41, 5.74) is 2.44. The Morgan fingerprint density at radius 2 is 2.41 bits per heavy atom. The average Bonchev–Trinajstić information content (AvgIpc) is 2.79. The molecule has 1 aliphatic heterocycles. The Kier molecular flexibility index (Phi) is 4.20. The molecule has 1 aliphatic rings. The molecule has 2 rings (SSSR count). The van der Waals surface area contributed by atoms with Crippen molar-refractivity contribution in [1.29, 1.82) is 0 Å². The summed E-state index contributed by atoms with van der Waals surface area (Å²) in [7, 11) is 0. The first-order valence-electron chi connectivity index (χ1n) is 6.35. The first-order valence-corrected chi connectivity index (χ1v) is 6.35. The predicted molar refractivity (Wildman–Crippen MR) is 69.1 cm³/mol. The summed E-state index contributed by atoms with van der Waals surface area (Å²) in [6.45, 7) is 8.06. The molecule has 0 amide bonds. The van der Waals surface area contributed by atoms with Crippen LogP contribution >= 0.6 is 0 Å². The summed E-state index contributed by atoms with van der Waals surface area (Å²) in [4.78, 5) is 6.68. The fourth-order valence-electron chi connectivity index (χ4n) is 1.86. The van der Waals surface area contributed by atoms with Gasteiger partial charge in [-0.15, -0.1) is 0 Å². The smallest absolute Gasteiger partial charge is 0.297 e. The van der Waals surface area contributed by atoms with Gasteiger partial charge in [-0.1, -0.05) is 18.6 Å². The van der Waals surface area contributed by atoms with E-state index in [2.05, 4.69) is 35.1 Å². The monoisotopic (exact) mass is 235 g/mol. The summed E-state index contributed by atoms with van der Waals surface area (Å²) in [5, 5.41) is 3.32. The maximum atomic E-state index is 5.52. The van der Waals surface area contributed by atoms with Crippen molar-refractivity contribution < 1.29 is 4.42 Å². The molecule has 0 spiro atoms. The van der Waals surface area contributed by atoms with Gasteiger partial charge in [0.25, 0.3) is 6.01 Å². The van der Waals surface area contributed by atoms with Gasteiger partial charge < -0.3 is 14.6 Å². The minimum Gasteiger partial charge on any atom is -0.432 e. The van der Waals surface area contributed by atoms with Gasteiger partial charge in [0.15, 0.2) is 0 Å². The van der Waals surface area contributed by atoms with Gasteiger partial charge in [-0.25, -0.2) is 0 Å². The van der Waals surface area contributed by atoms with Gasteiger partial charge >= 0.3 is 0 Å². The van der Waals surface area contributed by atoms with E-state index in [4.69, 9.17) is 4.42 Å². The molecule has 0 bridgehead atoms. The molecular weight excluding hydrogens is 214 g/mol. The highest BCUT2D eigenvalue weighted by atomic mass is 16.4. The molecule has 1 N–H and O–H groups in total. The first-order chi connectivity index (χ1) is 8.29. The third-order valence-electron chi connectivity index (χ3n) is 2.98. The normalized spacial score (nSPS) is 16.1. The molecule has 1 aromatic heterocycles. The van der Waals surface area contributed by atoms with E-state index >= 15 is 0 Å². The molecule has 0 aromatic carbocycles. The van der Waals surface area contributed by atoms with Crippen molar-refractivity contribution in [2.24, 2.45) is 0 Å². The van der Waals surface area contributed by atoms with E-state index in [1.807, 2.05) is 0 Å². The maximum Gasteiger partial charge on any atom is 0.297 e. The van der Waals surface area contributed by atoms with Gasteiger partial charge in [-0.2, -0.15) is 4.98 Å². The van der Waals surface area contributed by atoms with E-state index < -0.39 is 0 Å². The van der Waals surface area contributed by atoms with Gasteiger partial charge in [0, 0.05) is 19.6 Å². The standard InChI is InChI=1S/C13H21N3O/c1-3-6-14-9-12-10-17-13(15-12)16-7-4-11(2)5-8-16/h4,10,14H,3,5-9H2,1-2H3. The summed E-state index contributed by atoms with van der Waals surface area (Å²) >= 11 is 0. The molecule has 0 aliphatic carbocycles. The van der Waals surface area contributed by atoms with E-state index in [0.29, 0.717) is 0 Å².